The van der Waals surface area contributed by atoms with E-state index in [0.29, 0.717) is 5.56 Å². The molecule has 13 heteroatoms. The highest BCUT2D eigenvalue weighted by molar-refractivity contribution is 7.86. The summed E-state index contributed by atoms with van der Waals surface area (Å²) in [4.78, 5) is 10.1. The van der Waals surface area contributed by atoms with Gasteiger partial charge in [0.1, 0.15) is 30.0 Å². The lowest BCUT2D eigenvalue weighted by Gasteiger charge is -2.22. The van der Waals surface area contributed by atoms with Crippen molar-refractivity contribution in [3.63, 3.8) is 0 Å². The molecule has 0 amide bonds. The van der Waals surface area contributed by atoms with E-state index >= 15 is 0 Å². The van der Waals surface area contributed by atoms with Gasteiger partial charge < -0.3 is 24.4 Å². The number of hydrogen-bond acceptors (Lipinski definition) is 10. The van der Waals surface area contributed by atoms with Crippen molar-refractivity contribution >= 4 is 42.9 Å². The minimum atomic E-state index is -5.34. The van der Waals surface area contributed by atoms with Gasteiger partial charge in [0.25, 0.3) is 0 Å². The molecule has 1 aliphatic heterocycles. The van der Waals surface area contributed by atoms with Crippen molar-refractivity contribution in [3.8, 4) is 22.5 Å². The number of fused-ring (bicyclic) bond motifs is 2. The second-order valence-corrected chi connectivity index (χ2v) is 11.0. The molecular weight excluding hydrogens is 512 g/mol. The SMILES string of the molecule is CC(C)c1ccc(-c2c3ccc(=N)c(S(=O)(=O)[O-])c-3oc3c(S(=O)(=O)[O-])c(N)ccc23)c(C(=O)O)c1. The Bertz CT molecular complexity index is 1820. The van der Waals surface area contributed by atoms with Gasteiger partial charge in [0, 0.05) is 16.5 Å². The van der Waals surface area contributed by atoms with E-state index in [1.807, 2.05) is 13.8 Å². The number of nitrogens with one attached hydrogen (secondary N) is 1. The van der Waals surface area contributed by atoms with E-state index in [4.69, 9.17) is 15.6 Å². The summed E-state index contributed by atoms with van der Waals surface area (Å²) in [5, 5.41) is 17.1. The average Bonchev–Trinajstić information content (AvgIpc) is 2.74. The van der Waals surface area contributed by atoms with E-state index in [1.165, 1.54) is 24.3 Å². The summed E-state index contributed by atoms with van der Waals surface area (Å²) < 4.78 is 78.0. The molecule has 0 spiro atoms. The van der Waals surface area contributed by atoms with E-state index in [0.717, 1.165) is 12.1 Å². The van der Waals surface area contributed by atoms with Gasteiger partial charge in [0.15, 0.2) is 11.3 Å². The van der Waals surface area contributed by atoms with Crippen LogP contribution in [0.4, 0.5) is 5.69 Å². The quantitative estimate of drug-likeness (QED) is 0.195. The van der Waals surface area contributed by atoms with E-state index in [1.54, 1.807) is 6.07 Å². The largest absolute Gasteiger partial charge is 0.744 e. The van der Waals surface area contributed by atoms with Crippen molar-refractivity contribution in [1.29, 1.82) is 5.41 Å². The Morgan fingerprint density at radius 3 is 2.14 bits per heavy atom. The van der Waals surface area contributed by atoms with Gasteiger partial charge in [-0.3, -0.25) is 5.41 Å². The number of benzene rings is 3. The van der Waals surface area contributed by atoms with Crippen LogP contribution >= 0.6 is 0 Å². The van der Waals surface area contributed by atoms with Crippen molar-refractivity contribution in [2.24, 2.45) is 0 Å². The summed E-state index contributed by atoms with van der Waals surface area (Å²) in [6, 6.07) is 9.18. The zero-order chi connectivity index (χ0) is 26.7. The van der Waals surface area contributed by atoms with Crippen LogP contribution in [0.2, 0.25) is 0 Å². The third kappa shape index (κ3) is 4.11. The van der Waals surface area contributed by atoms with Crippen LogP contribution < -0.4 is 11.1 Å². The number of nitrogen functional groups attached to an aromatic ring is 1. The minimum Gasteiger partial charge on any atom is -0.744 e. The molecule has 0 aromatic heterocycles. The number of carbonyl (C=O) groups is 1. The number of carboxylic acid groups (broad SMARTS) is 1. The van der Waals surface area contributed by atoms with Crippen molar-refractivity contribution in [1.82, 2.24) is 0 Å². The van der Waals surface area contributed by atoms with Crippen LogP contribution in [0, 0.1) is 5.41 Å². The van der Waals surface area contributed by atoms with E-state index < -0.39 is 58.4 Å². The molecule has 0 unspecified atom stereocenters. The van der Waals surface area contributed by atoms with Gasteiger partial charge >= 0.3 is 5.97 Å². The number of rotatable bonds is 5. The first-order valence-electron chi connectivity index (χ1n) is 10.3. The molecule has 36 heavy (non-hydrogen) atoms. The second kappa shape index (κ2) is 8.41. The summed E-state index contributed by atoms with van der Waals surface area (Å²) in [6.07, 6.45) is 0. The van der Waals surface area contributed by atoms with Crippen molar-refractivity contribution < 1.29 is 40.3 Å². The molecule has 1 heterocycles. The van der Waals surface area contributed by atoms with E-state index in [-0.39, 0.29) is 33.6 Å². The van der Waals surface area contributed by atoms with Gasteiger partial charge in [-0.05, 0) is 47.4 Å². The summed E-state index contributed by atoms with van der Waals surface area (Å²) in [5.74, 6) is -2.09. The Morgan fingerprint density at radius 1 is 0.972 bits per heavy atom. The summed E-state index contributed by atoms with van der Waals surface area (Å²) >= 11 is 0. The zero-order valence-corrected chi connectivity index (χ0v) is 20.4. The second-order valence-electron chi connectivity index (χ2n) is 8.33. The Labute approximate surface area is 205 Å². The lowest BCUT2D eigenvalue weighted by atomic mass is 9.88. The molecule has 188 valence electrons. The maximum atomic E-state index is 12.2. The lowest BCUT2D eigenvalue weighted by Crippen LogP contribution is -2.17. The van der Waals surface area contributed by atoms with Crippen molar-refractivity contribution in [3.05, 3.63) is 58.9 Å². The number of aromatic carboxylic acids is 1. The van der Waals surface area contributed by atoms with Gasteiger partial charge in [-0.2, -0.15) is 0 Å². The lowest BCUT2D eigenvalue weighted by molar-refractivity contribution is 0.0697. The Balaban J connectivity index is 2.36. The van der Waals surface area contributed by atoms with E-state index in [2.05, 4.69) is 0 Å². The van der Waals surface area contributed by atoms with Crippen LogP contribution in [0.25, 0.3) is 33.4 Å². The van der Waals surface area contributed by atoms with Crippen LogP contribution in [-0.4, -0.2) is 37.0 Å². The number of carboxylic acids is 1. The molecule has 1 aliphatic carbocycles. The van der Waals surface area contributed by atoms with Crippen LogP contribution in [0.15, 0.2) is 56.7 Å². The van der Waals surface area contributed by atoms with Crippen molar-refractivity contribution in [2.75, 3.05) is 5.73 Å². The number of anilines is 1. The molecule has 11 nitrogen and oxygen atoms in total. The summed E-state index contributed by atoms with van der Waals surface area (Å²) in [5.41, 5.74) is 4.95. The fourth-order valence-corrected chi connectivity index (χ4v) is 5.55. The third-order valence-electron chi connectivity index (χ3n) is 5.71. The molecule has 2 aromatic carbocycles. The molecule has 0 saturated carbocycles. The fourth-order valence-electron chi connectivity index (χ4n) is 4.10. The first-order valence-corrected chi connectivity index (χ1v) is 13.1. The smallest absolute Gasteiger partial charge is 0.336 e. The first-order chi connectivity index (χ1) is 16.6. The van der Waals surface area contributed by atoms with Crippen LogP contribution in [0.1, 0.15) is 35.7 Å². The van der Waals surface area contributed by atoms with Crippen LogP contribution in [0.3, 0.4) is 0 Å². The van der Waals surface area contributed by atoms with Crippen LogP contribution in [0.5, 0.6) is 0 Å². The van der Waals surface area contributed by atoms with Gasteiger partial charge in [0.05, 0.1) is 16.6 Å². The highest BCUT2D eigenvalue weighted by Gasteiger charge is 2.28. The normalized spacial score (nSPS) is 12.5. The zero-order valence-electron chi connectivity index (χ0n) is 18.7. The molecule has 0 saturated heterocycles. The van der Waals surface area contributed by atoms with Crippen molar-refractivity contribution in [2.45, 2.75) is 29.6 Å². The fraction of sp³-hybridized carbons (Fsp3) is 0.130. The molecule has 2 aromatic rings. The van der Waals surface area contributed by atoms with E-state index in [9.17, 15) is 35.8 Å². The Hall–Kier alpha value is -3.78. The summed E-state index contributed by atoms with van der Waals surface area (Å²) in [7, 11) is -10.6. The third-order valence-corrected chi connectivity index (χ3v) is 7.53. The maximum Gasteiger partial charge on any atom is 0.336 e. The highest BCUT2D eigenvalue weighted by atomic mass is 32.2. The van der Waals surface area contributed by atoms with Gasteiger partial charge in [-0.1, -0.05) is 26.0 Å². The molecule has 0 fully saturated rings. The molecule has 0 radical (unpaired) electrons. The summed E-state index contributed by atoms with van der Waals surface area (Å²) in [6.45, 7) is 3.70. The standard InChI is InChI=1S/C23H20N2O9S2/c1-10(2)11-3-4-12(15(9-11)23(26)27)18-13-5-7-16(24)21(35(28,29)30)19(13)34-20-14(18)6-8-17(25)22(20)36(31,32)33/h3-10,24H,25H2,1-2H3,(H,26,27)(H,28,29,30)(H,31,32,33)/p-2. The molecule has 4 N–H and O–H groups in total. The Kier molecular flexibility index (Phi) is 5.92. The number of nitrogens with two attached hydrogens (primary N) is 1. The Morgan fingerprint density at radius 2 is 1.58 bits per heavy atom. The maximum absolute atomic E-state index is 12.2. The minimum absolute atomic E-state index is 0.0197. The van der Waals surface area contributed by atoms with Gasteiger partial charge in [-0.25, -0.2) is 21.6 Å². The van der Waals surface area contributed by atoms with Gasteiger partial charge in [0.2, 0.25) is 0 Å². The monoisotopic (exact) mass is 530 g/mol. The topological polar surface area (TPSA) is 215 Å². The first kappa shape index (κ1) is 25.3. The molecule has 4 rings (SSSR count). The average molecular weight is 531 g/mol. The molecule has 0 atom stereocenters. The molecule has 0 bridgehead atoms. The molecular formula is C23H18N2O9S2-2. The van der Waals surface area contributed by atoms with Gasteiger partial charge in [-0.15, -0.1) is 0 Å². The molecule has 2 aliphatic rings. The van der Waals surface area contributed by atoms with Crippen LogP contribution in [-0.2, 0) is 20.2 Å². The highest BCUT2D eigenvalue weighted by Crippen LogP contribution is 2.45. The predicted octanol–water partition coefficient (Wildman–Crippen LogP) is 2.90. The predicted molar refractivity (Wildman–Crippen MR) is 126 cm³/mol. The number of hydrogen-bond donors (Lipinski definition) is 3.